The molecule has 5 fully saturated rings. The summed E-state index contributed by atoms with van der Waals surface area (Å²) in [5, 5.41) is 3.37. The summed E-state index contributed by atoms with van der Waals surface area (Å²) < 4.78 is 5.57. The predicted octanol–water partition coefficient (Wildman–Crippen LogP) is 5.00. The number of nitrogens with zero attached hydrogens (tertiary/aromatic N) is 3. The highest BCUT2D eigenvalue weighted by Crippen LogP contribution is 2.48. The fourth-order valence-corrected chi connectivity index (χ4v) is 8.03. The minimum absolute atomic E-state index is 0. The molecule has 1 N–H and O–H groups in total. The smallest absolute Gasteiger partial charge is 0.320 e. The first-order valence-corrected chi connectivity index (χ1v) is 15.2. The number of hydrogen-bond donors (Lipinski definition) is 1. The molecule has 39 heavy (non-hydrogen) atoms. The van der Waals surface area contributed by atoms with Crippen LogP contribution in [0.25, 0.3) is 0 Å². The SMILES string of the molecule is CC(C)N1C(=O)N(CC2CCOCC2)CC12CC1CCC(C2)N1CC[C@H](NC(=O)C1CC1)c1ccccc1.Cl. The highest BCUT2D eigenvalue weighted by molar-refractivity contribution is 5.85. The average molecular weight is 559 g/mol. The van der Waals surface area contributed by atoms with Crippen molar-refractivity contribution in [3.05, 3.63) is 35.9 Å². The lowest BCUT2D eigenvalue weighted by molar-refractivity contribution is -0.123. The summed E-state index contributed by atoms with van der Waals surface area (Å²) in [6, 6.07) is 12.1. The second-order valence-corrected chi connectivity index (χ2v) is 13.0. The van der Waals surface area contributed by atoms with Crippen molar-refractivity contribution in [1.82, 2.24) is 20.0 Å². The van der Waals surface area contributed by atoms with Crippen molar-refractivity contribution in [2.24, 2.45) is 11.8 Å². The van der Waals surface area contributed by atoms with E-state index in [1.807, 2.05) is 6.07 Å². The Balaban J connectivity index is 0.00000308. The Morgan fingerprint density at radius 1 is 1.03 bits per heavy atom. The van der Waals surface area contributed by atoms with E-state index in [9.17, 15) is 9.59 Å². The zero-order valence-electron chi connectivity index (χ0n) is 23.7. The molecule has 4 saturated heterocycles. The van der Waals surface area contributed by atoms with Crippen LogP contribution < -0.4 is 5.32 Å². The van der Waals surface area contributed by atoms with Crippen molar-refractivity contribution >= 4 is 24.3 Å². The molecule has 1 spiro atoms. The van der Waals surface area contributed by atoms with E-state index in [0.717, 1.165) is 77.8 Å². The number of amides is 3. The first-order valence-electron chi connectivity index (χ1n) is 15.2. The normalized spacial score (nSPS) is 30.2. The fraction of sp³-hybridized carbons (Fsp3) is 0.742. The van der Waals surface area contributed by atoms with Crippen LogP contribution in [0.5, 0.6) is 0 Å². The maximum absolute atomic E-state index is 13.7. The van der Waals surface area contributed by atoms with Gasteiger partial charge in [-0.1, -0.05) is 30.3 Å². The molecule has 8 heteroatoms. The number of carbonyl (C=O) groups is 2. The summed E-state index contributed by atoms with van der Waals surface area (Å²) >= 11 is 0. The van der Waals surface area contributed by atoms with Gasteiger partial charge < -0.3 is 19.9 Å². The van der Waals surface area contributed by atoms with Crippen LogP contribution in [0.2, 0.25) is 0 Å². The van der Waals surface area contributed by atoms with Gasteiger partial charge in [-0.05, 0) is 83.1 Å². The van der Waals surface area contributed by atoms with Gasteiger partial charge >= 0.3 is 6.03 Å². The zero-order valence-corrected chi connectivity index (χ0v) is 24.5. The quantitative estimate of drug-likeness (QED) is 0.463. The van der Waals surface area contributed by atoms with Gasteiger partial charge in [0.25, 0.3) is 0 Å². The molecule has 2 unspecified atom stereocenters. The number of rotatable bonds is 9. The van der Waals surface area contributed by atoms with E-state index >= 15 is 0 Å². The second kappa shape index (κ2) is 12.0. The van der Waals surface area contributed by atoms with Crippen molar-refractivity contribution in [3.8, 4) is 0 Å². The molecule has 7 nitrogen and oxygen atoms in total. The molecule has 1 aromatic rings. The molecule has 1 saturated carbocycles. The molecule has 3 amide bonds. The lowest BCUT2D eigenvalue weighted by Gasteiger charge is -2.49. The van der Waals surface area contributed by atoms with Crippen molar-refractivity contribution in [2.45, 2.75) is 101 Å². The number of halogens is 1. The van der Waals surface area contributed by atoms with Crippen LogP contribution in [-0.4, -0.2) is 83.2 Å². The Morgan fingerprint density at radius 2 is 1.69 bits per heavy atom. The van der Waals surface area contributed by atoms with E-state index in [1.54, 1.807) is 0 Å². The first-order chi connectivity index (χ1) is 18.4. The molecule has 4 aliphatic heterocycles. The largest absolute Gasteiger partial charge is 0.381 e. The third kappa shape index (κ3) is 5.96. The molecule has 0 aromatic heterocycles. The average Bonchev–Trinajstić information content (AvgIpc) is 3.69. The van der Waals surface area contributed by atoms with Crippen LogP contribution >= 0.6 is 12.4 Å². The van der Waals surface area contributed by atoms with Crippen molar-refractivity contribution in [1.29, 1.82) is 0 Å². The summed E-state index contributed by atoms with van der Waals surface area (Å²) in [5.74, 6) is 1.01. The van der Waals surface area contributed by atoms with Gasteiger partial charge in [0.15, 0.2) is 0 Å². The summed E-state index contributed by atoms with van der Waals surface area (Å²) in [7, 11) is 0. The topological polar surface area (TPSA) is 65.1 Å². The molecule has 3 atom stereocenters. The number of carbonyl (C=O) groups excluding carboxylic acids is 2. The number of piperidine rings is 1. The molecule has 6 rings (SSSR count). The van der Waals surface area contributed by atoms with Gasteiger partial charge in [-0.25, -0.2) is 4.79 Å². The Labute approximate surface area is 240 Å². The van der Waals surface area contributed by atoms with Crippen LogP contribution in [0.1, 0.15) is 83.2 Å². The highest BCUT2D eigenvalue weighted by Gasteiger charge is 2.57. The van der Waals surface area contributed by atoms with Crippen LogP contribution in [-0.2, 0) is 9.53 Å². The van der Waals surface area contributed by atoms with E-state index in [0.29, 0.717) is 18.0 Å². The van der Waals surface area contributed by atoms with Crippen molar-refractivity contribution in [2.75, 3.05) is 32.8 Å². The highest BCUT2D eigenvalue weighted by atomic mass is 35.5. The number of nitrogens with one attached hydrogen (secondary N) is 1. The summed E-state index contributed by atoms with van der Waals surface area (Å²) in [4.78, 5) is 33.6. The van der Waals surface area contributed by atoms with Crippen LogP contribution in [0.4, 0.5) is 4.79 Å². The molecular weight excluding hydrogens is 512 g/mol. The number of ether oxygens (including phenoxy) is 1. The number of urea groups is 1. The number of benzene rings is 1. The first kappa shape index (κ1) is 28.7. The number of hydrogen-bond acceptors (Lipinski definition) is 4. The third-order valence-corrected chi connectivity index (χ3v) is 9.95. The predicted molar refractivity (Wildman–Crippen MR) is 155 cm³/mol. The fourth-order valence-electron chi connectivity index (χ4n) is 8.03. The van der Waals surface area contributed by atoms with Gasteiger partial charge in [-0.15, -0.1) is 12.4 Å². The molecule has 2 bridgehead atoms. The molecule has 5 aliphatic rings. The maximum atomic E-state index is 13.7. The van der Waals surface area contributed by atoms with E-state index in [4.69, 9.17) is 4.74 Å². The van der Waals surface area contributed by atoms with Gasteiger partial charge in [-0.2, -0.15) is 0 Å². The lowest BCUT2D eigenvalue weighted by Crippen LogP contribution is -2.60. The summed E-state index contributed by atoms with van der Waals surface area (Å²) in [6.07, 6.45) is 9.71. The van der Waals surface area contributed by atoms with Crippen LogP contribution in [0.3, 0.4) is 0 Å². The van der Waals surface area contributed by atoms with E-state index in [1.165, 1.54) is 18.4 Å². The van der Waals surface area contributed by atoms with E-state index in [-0.39, 0.29) is 47.9 Å². The monoisotopic (exact) mass is 558 g/mol. The van der Waals surface area contributed by atoms with Gasteiger partial charge in [0.2, 0.25) is 5.91 Å². The van der Waals surface area contributed by atoms with Gasteiger partial charge in [0.05, 0.1) is 11.6 Å². The van der Waals surface area contributed by atoms with E-state index in [2.05, 4.69) is 58.1 Å². The second-order valence-electron chi connectivity index (χ2n) is 13.0. The van der Waals surface area contributed by atoms with Crippen molar-refractivity contribution < 1.29 is 14.3 Å². The molecule has 1 aromatic carbocycles. The molecule has 1 aliphatic carbocycles. The van der Waals surface area contributed by atoms with Crippen LogP contribution in [0, 0.1) is 11.8 Å². The molecule has 4 heterocycles. The number of fused-ring (bicyclic) bond motifs is 2. The molecular formula is C31H47ClN4O3. The van der Waals surface area contributed by atoms with Crippen LogP contribution in [0.15, 0.2) is 30.3 Å². The van der Waals surface area contributed by atoms with Gasteiger partial charge in [-0.3, -0.25) is 9.69 Å². The Morgan fingerprint density at radius 3 is 2.31 bits per heavy atom. The summed E-state index contributed by atoms with van der Waals surface area (Å²) in [5.41, 5.74) is 1.16. The lowest BCUT2D eigenvalue weighted by atomic mass is 9.81. The zero-order chi connectivity index (χ0) is 26.3. The Hall–Kier alpha value is -1.83. The molecule has 0 radical (unpaired) electrons. The minimum Gasteiger partial charge on any atom is -0.381 e. The molecule has 216 valence electrons. The van der Waals surface area contributed by atoms with E-state index < -0.39 is 0 Å². The maximum Gasteiger partial charge on any atom is 0.320 e. The van der Waals surface area contributed by atoms with Gasteiger partial charge in [0, 0.05) is 56.9 Å². The Bertz CT molecular complexity index is 983. The Kier molecular flexibility index (Phi) is 8.80. The van der Waals surface area contributed by atoms with Crippen molar-refractivity contribution in [3.63, 3.8) is 0 Å². The van der Waals surface area contributed by atoms with Gasteiger partial charge in [0.1, 0.15) is 0 Å². The standard InChI is InChI=1S/C31H46N4O3.ClH/c1-22(2)35-30(37)33(20-23-13-16-38-17-14-23)21-31(35)18-26-10-11-27(19-31)34(26)15-12-28(24-6-4-3-5-7-24)32-29(36)25-8-9-25;/h3-7,22-23,25-28H,8-21H2,1-2H3,(H,32,36);1H/t26?,27?,28-,31?;/m0./s1. The minimum atomic E-state index is -0.0439. The third-order valence-electron chi connectivity index (χ3n) is 9.95. The summed E-state index contributed by atoms with van der Waals surface area (Å²) in [6.45, 7) is 8.80.